The normalized spacial score (nSPS) is 26.9. The monoisotopic (exact) mass is 208 g/mol. The Morgan fingerprint density at radius 1 is 1.43 bits per heavy atom. The summed E-state index contributed by atoms with van der Waals surface area (Å²) >= 11 is 5.92. The van der Waals surface area contributed by atoms with E-state index in [1.165, 1.54) is 5.56 Å². The first-order chi connectivity index (χ1) is 6.68. The van der Waals surface area contributed by atoms with Crippen LogP contribution in [0.15, 0.2) is 24.3 Å². The molecule has 1 aromatic carbocycles. The molecule has 2 unspecified atom stereocenters. The lowest BCUT2D eigenvalue weighted by atomic mass is 9.90. The third-order valence-electron chi connectivity index (χ3n) is 3.09. The van der Waals surface area contributed by atoms with E-state index < -0.39 is 0 Å². The first kappa shape index (κ1) is 9.72. The van der Waals surface area contributed by atoms with E-state index >= 15 is 0 Å². The lowest BCUT2D eigenvalue weighted by Gasteiger charge is -2.14. The van der Waals surface area contributed by atoms with Crippen LogP contribution in [0, 0.1) is 5.92 Å². The fraction of sp³-hybridized carbons (Fsp3) is 0.417. The smallest absolute Gasteiger partial charge is 0.136 e. The van der Waals surface area contributed by atoms with Crippen LogP contribution in [-0.4, -0.2) is 5.78 Å². The minimum absolute atomic E-state index is 0.161. The average Bonchev–Trinajstić information content (AvgIpc) is 2.48. The van der Waals surface area contributed by atoms with Gasteiger partial charge in [0.15, 0.2) is 0 Å². The van der Waals surface area contributed by atoms with Gasteiger partial charge in [-0.2, -0.15) is 0 Å². The van der Waals surface area contributed by atoms with Crippen molar-refractivity contribution in [1.29, 1.82) is 0 Å². The van der Waals surface area contributed by atoms with Gasteiger partial charge >= 0.3 is 0 Å². The highest BCUT2D eigenvalue weighted by Gasteiger charge is 2.31. The van der Waals surface area contributed by atoms with Gasteiger partial charge in [-0.05, 0) is 30.0 Å². The molecule has 0 heterocycles. The molecule has 0 bridgehead atoms. The highest BCUT2D eigenvalue weighted by atomic mass is 35.5. The number of hydrogen-bond donors (Lipinski definition) is 0. The Morgan fingerprint density at radius 3 is 2.79 bits per heavy atom. The van der Waals surface area contributed by atoms with Crippen LogP contribution < -0.4 is 0 Å². The third-order valence-corrected chi connectivity index (χ3v) is 3.33. The summed E-state index contributed by atoms with van der Waals surface area (Å²) in [5.74, 6) is 0.921. The number of rotatable bonds is 1. The predicted octanol–water partition coefficient (Wildman–Crippen LogP) is 3.42. The zero-order chi connectivity index (χ0) is 10.1. The van der Waals surface area contributed by atoms with Crippen LogP contribution in [0.2, 0.25) is 5.02 Å². The molecular formula is C12H13ClO. The van der Waals surface area contributed by atoms with E-state index in [0.29, 0.717) is 11.7 Å². The van der Waals surface area contributed by atoms with Crippen molar-refractivity contribution in [3.8, 4) is 0 Å². The van der Waals surface area contributed by atoms with E-state index in [4.69, 9.17) is 11.6 Å². The largest absolute Gasteiger partial charge is 0.299 e. The molecule has 0 saturated heterocycles. The fourth-order valence-corrected chi connectivity index (χ4v) is 2.39. The minimum atomic E-state index is 0.161. The van der Waals surface area contributed by atoms with Crippen molar-refractivity contribution in [3.05, 3.63) is 34.9 Å². The first-order valence-corrected chi connectivity index (χ1v) is 5.34. The Morgan fingerprint density at radius 2 is 2.21 bits per heavy atom. The molecule has 2 rings (SSSR count). The Bertz CT molecular complexity index is 359. The Labute approximate surface area is 89.1 Å². The second kappa shape index (κ2) is 3.74. The molecule has 1 saturated carbocycles. The summed E-state index contributed by atoms with van der Waals surface area (Å²) in [6, 6.07) is 7.85. The Kier molecular flexibility index (Phi) is 2.60. The molecule has 1 aromatic rings. The lowest BCUT2D eigenvalue weighted by molar-refractivity contribution is -0.120. The maximum atomic E-state index is 11.4. The molecule has 0 radical (unpaired) electrons. The number of halogens is 1. The summed E-state index contributed by atoms with van der Waals surface area (Å²) < 4.78 is 0. The van der Waals surface area contributed by atoms with E-state index in [2.05, 4.69) is 6.07 Å². The molecule has 0 amide bonds. The van der Waals surface area contributed by atoms with Crippen LogP contribution in [0.25, 0.3) is 0 Å². The average molecular weight is 209 g/mol. The van der Waals surface area contributed by atoms with E-state index in [1.54, 1.807) is 0 Å². The number of carbonyl (C=O) groups excluding carboxylic acids is 1. The molecule has 2 heteroatoms. The van der Waals surface area contributed by atoms with Gasteiger partial charge in [-0.15, -0.1) is 0 Å². The molecule has 2 atom stereocenters. The molecular weight excluding hydrogens is 196 g/mol. The highest BCUT2D eigenvalue weighted by Crippen LogP contribution is 2.37. The number of Topliss-reactive ketones (excluding diaryl/α,β-unsaturated/α-hetero) is 1. The van der Waals surface area contributed by atoms with Crippen molar-refractivity contribution in [2.24, 2.45) is 5.92 Å². The van der Waals surface area contributed by atoms with Crippen LogP contribution in [0.3, 0.4) is 0 Å². The van der Waals surface area contributed by atoms with Crippen molar-refractivity contribution in [1.82, 2.24) is 0 Å². The van der Waals surface area contributed by atoms with Gasteiger partial charge < -0.3 is 0 Å². The van der Waals surface area contributed by atoms with Crippen LogP contribution in [-0.2, 0) is 4.79 Å². The molecule has 1 fully saturated rings. The predicted molar refractivity (Wildman–Crippen MR) is 57.6 cm³/mol. The van der Waals surface area contributed by atoms with Crippen LogP contribution in [0.4, 0.5) is 0 Å². The molecule has 0 aliphatic heterocycles. The fourth-order valence-electron chi connectivity index (χ4n) is 2.19. The topological polar surface area (TPSA) is 17.1 Å². The van der Waals surface area contributed by atoms with Crippen molar-refractivity contribution in [2.45, 2.75) is 25.7 Å². The molecule has 0 aromatic heterocycles. The molecule has 14 heavy (non-hydrogen) atoms. The number of ketones is 1. The van der Waals surface area contributed by atoms with Crippen molar-refractivity contribution in [2.75, 3.05) is 0 Å². The van der Waals surface area contributed by atoms with Gasteiger partial charge in [-0.3, -0.25) is 4.79 Å². The Balaban J connectivity index is 2.28. The van der Waals surface area contributed by atoms with E-state index in [1.807, 2.05) is 25.1 Å². The lowest BCUT2D eigenvalue weighted by Crippen LogP contribution is -2.08. The second-order valence-corrected chi connectivity index (χ2v) is 4.39. The molecule has 74 valence electrons. The maximum Gasteiger partial charge on any atom is 0.136 e. The minimum Gasteiger partial charge on any atom is -0.299 e. The number of hydrogen-bond acceptors (Lipinski definition) is 1. The highest BCUT2D eigenvalue weighted by molar-refractivity contribution is 6.30. The van der Waals surface area contributed by atoms with Crippen LogP contribution in [0.1, 0.15) is 31.2 Å². The number of carbonyl (C=O) groups is 1. The van der Waals surface area contributed by atoms with Gasteiger partial charge in [0.05, 0.1) is 0 Å². The molecule has 0 spiro atoms. The van der Waals surface area contributed by atoms with Gasteiger partial charge in [-0.1, -0.05) is 30.7 Å². The van der Waals surface area contributed by atoms with E-state index in [9.17, 15) is 4.79 Å². The van der Waals surface area contributed by atoms with E-state index in [-0.39, 0.29) is 5.92 Å². The molecule has 1 nitrogen and oxygen atoms in total. The second-order valence-electron chi connectivity index (χ2n) is 3.96. The third kappa shape index (κ3) is 1.69. The van der Waals surface area contributed by atoms with Crippen molar-refractivity contribution < 1.29 is 4.79 Å². The van der Waals surface area contributed by atoms with Crippen LogP contribution in [0.5, 0.6) is 0 Å². The summed E-state index contributed by atoms with van der Waals surface area (Å²) in [5, 5.41) is 0.758. The molecule has 0 N–H and O–H groups in total. The quantitative estimate of drug-likeness (QED) is 0.691. The van der Waals surface area contributed by atoms with Gasteiger partial charge in [0.2, 0.25) is 0 Å². The van der Waals surface area contributed by atoms with E-state index in [0.717, 1.165) is 17.9 Å². The maximum absolute atomic E-state index is 11.4. The molecule has 1 aliphatic carbocycles. The zero-order valence-electron chi connectivity index (χ0n) is 8.16. The zero-order valence-corrected chi connectivity index (χ0v) is 8.92. The summed E-state index contributed by atoms with van der Waals surface area (Å²) in [5.41, 5.74) is 1.20. The Hall–Kier alpha value is -0.820. The van der Waals surface area contributed by atoms with Crippen molar-refractivity contribution >= 4 is 17.4 Å². The summed E-state index contributed by atoms with van der Waals surface area (Å²) in [6.07, 6.45) is 1.69. The van der Waals surface area contributed by atoms with Gasteiger partial charge in [0.1, 0.15) is 5.78 Å². The van der Waals surface area contributed by atoms with Crippen LogP contribution >= 0.6 is 11.6 Å². The SMILES string of the molecule is CC1C(=O)CCC1c1cccc(Cl)c1. The molecule has 1 aliphatic rings. The summed E-state index contributed by atoms with van der Waals surface area (Å²) in [6.45, 7) is 2.01. The summed E-state index contributed by atoms with van der Waals surface area (Å²) in [4.78, 5) is 11.4. The standard InChI is InChI=1S/C12H13ClO/c1-8-11(5-6-12(8)14)9-3-2-4-10(13)7-9/h2-4,7-8,11H,5-6H2,1H3. The van der Waals surface area contributed by atoms with Gasteiger partial charge in [-0.25, -0.2) is 0 Å². The first-order valence-electron chi connectivity index (χ1n) is 4.96. The van der Waals surface area contributed by atoms with Gasteiger partial charge in [0.25, 0.3) is 0 Å². The summed E-state index contributed by atoms with van der Waals surface area (Å²) in [7, 11) is 0. The van der Waals surface area contributed by atoms with Gasteiger partial charge in [0, 0.05) is 17.4 Å². The number of benzene rings is 1. The van der Waals surface area contributed by atoms with Crippen molar-refractivity contribution in [3.63, 3.8) is 0 Å².